The lowest BCUT2D eigenvalue weighted by Crippen LogP contribution is -2.03. The van der Waals surface area contributed by atoms with Gasteiger partial charge in [0.15, 0.2) is 0 Å². The van der Waals surface area contributed by atoms with Crippen LogP contribution < -0.4 is 15.1 Å². The molecule has 3 rings (SSSR count). The SMILES string of the molecule is CCc1cc(=O)oc2c(C)c(OCc3cccc(OC)c3)ccc12. The molecule has 124 valence electrons. The molecular formula is C20H20O4. The van der Waals surface area contributed by atoms with Gasteiger partial charge in [-0.25, -0.2) is 4.79 Å². The van der Waals surface area contributed by atoms with Crippen LogP contribution in [0.3, 0.4) is 0 Å². The molecule has 0 atom stereocenters. The maximum atomic E-state index is 11.8. The fraction of sp³-hybridized carbons (Fsp3) is 0.250. The van der Waals surface area contributed by atoms with Crippen LogP contribution in [0, 0.1) is 6.92 Å². The molecule has 0 fully saturated rings. The first-order valence-corrected chi connectivity index (χ1v) is 7.94. The molecule has 1 heterocycles. The molecule has 0 radical (unpaired) electrons. The average molecular weight is 324 g/mol. The van der Waals surface area contributed by atoms with Crippen LogP contribution in [0.2, 0.25) is 0 Å². The molecule has 0 aliphatic heterocycles. The summed E-state index contributed by atoms with van der Waals surface area (Å²) in [6.07, 6.45) is 0.783. The van der Waals surface area contributed by atoms with E-state index >= 15 is 0 Å². The minimum absolute atomic E-state index is 0.326. The summed E-state index contributed by atoms with van der Waals surface area (Å²) in [6, 6.07) is 13.2. The summed E-state index contributed by atoms with van der Waals surface area (Å²) in [7, 11) is 1.64. The monoisotopic (exact) mass is 324 g/mol. The first-order chi connectivity index (χ1) is 11.6. The Morgan fingerprint density at radius 3 is 2.71 bits per heavy atom. The number of rotatable bonds is 5. The predicted molar refractivity (Wildman–Crippen MR) is 93.9 cm³/mol. The maximum Gasteiger partial charge on any atom is 0.336 e. The molecule has 0 saturated carbocycles. The van der Waals surface area contributed by atoms with Crippen molar-refractivity contribution < 1.29 is 13.9 Å². The van der Waals surface area contributed by atoms with Gasteiger partial charge in [-0.2, -0.15) is 0 Å². The Morgan fingerprint density at radius 2 is 1.96 bits per heavy atom. The zero-order valence-corrected chi connectivity index (χ0v) is 14.1. The zero-order chi connectivity index (χ0) is 17.1. The molecule has 3 aromatic rings. The third-order valence-corrected chi connectivity index (χ3v) is 4.11. The fourth-order valence-electron chi connectivity index (χ4n) is 2.78. The third-order valence-electron chi connectivity index (χ3n) is 4.11. The summed E-state index contributed by atoms with van der Waals surface area (Å²) in [5, 5.41) is 0.961. The third kappa shape index (κ3) is 3.13. The van der Waals surface area contributed by atoms with Gasteiger partial charge < -0.3 is 13.9 Å². The Bertz CT molecular complexity index is 925. The van der Waals surface area contributed by atoms with Crippen LogP contribution in [-0.2, 0) is 13.0 Å². The van der Waals surface area contributed by atoms with Crippen LogP contribution in [0.4, 0.5) is 0 Å². The van der Waals surface area contributed by atoms with E-state index in [1.165, 1.54) is 0 Å². The number of fused-ring (bicyclic) bond motifs is 1. The van der Waals surface area contributed by atoms with E-state index in [2.05, 4.69) is 0 Å². The lowest BCUT2D eigenvalue weighted by atomic mass is 10.0. The molecule has 4 heteroatoms. The van der Waals surface area contributed by atoms with Gasteiger partial charge in [-0.1, -0.05) is 19.1 Å². The number of hydrogen-bond acceptors (Lipinski definition) is 4. The summed E-state index contributed by atoms with van der Waals surface area (Å²) in [5.74, 6) is 1.51. The van der Waals surface area contributed by atoms with Crippen LogP contribution in [0.1, 0.15) is 23.6 Å². The second kappa shape index (κ2) is 6.79. The molecule has 1 aromatic heterocycles. The van der Waals surface area contributed by atoms with E-state index in [1.807, 2.05) is 50.2 Å². The molecule has 0 unspecified atom stereocenters. The molecule has 0 saturated heterocycles. The van der Waals surface area contributed by atoms with Crippen molar-refractivity contribution in [2.45, 2.75) is 26.9 Å². The summed E-state index contributed by atoms with van der Waals surface area (Å²) in [5.41, 5.74) is 3.11. The van der Waals surface area contributed by atoms with E-state index in [4.69, 9.17) is 13.9 Å². The van der Waals surface area contributed by atoms with E-state index in [1.54, 1.807) is 13.2 Å². The molecule has 0 spiro atoms. The highest BCUT2D eigenvalue weighted by Crippen LogP contribution is 2.29. The molecule has 2 aromatic carbocycles. The minimum atomic E-state index is -0.326. The van der Waals surface area contributed by atoms with Crippen molar-refractivity contribution >= 4 is 11.0 Å². The van der Waals surface area contributed by atoms with Crippen molar-refractivity contribution in [3.8, 4) is 11.5 Å². The van der Waals surface area contributed by atoms with Crippen molar-refractivity contribution in [3.05, 3.63) is 69.6 Å². The van der Waals surface area contributed by atoms with E-state index in [0.717, 1.165) is 34.2 Å². The number of benzene rings is 2. The normalized spacial score (nSPS) is 10.8. The van der Waals surface area contributed by atoms with Gasteiger partial charge in [0.25, 0.3) is 0 Å². The Hall–Kier alpha value is -2.75. The first kappa shape index (κ1) is 16.1. The molecular weight excluding hydrogens is 304 g/mol. The minimum Gasteiger partial charge on any atom is -0.497 e. The van der Waals surface area contributed by atoms with E-state index < -0.39 is 0 Å². The lowest BCUT2D eigenvalue weighted by molar-refractivity contribution is 0.303. The lowest BCUT2D eigenvalue weighted by Gasteiger charge is -2.12. The Labute approximate surface area is 140 Å². The van der Waals surface area contributed by atoms with Crippen LogP contribution in [0.25, 0.3) is 11.0 Å². The van der Waals surface area contributed by atoms with Gasteiger partial charge in [-0.3, -0.25) is 0 Å². The maximum absolute atomic E-state index is 11.8. The van der Waals surface area contributed by atoms with Crippen molar-refractivity contribution in [2.24, 2.45) is 0 Å². The van der Waals surface area contributed by atoms with Crippen molar-refractivity contribution in [3.63, 3.8) is 0 Å². The highest BCUT2D eigenvalue weighted by molar-refractivity contribution is 5.84. The molecule has 0 aliphatic carbocycles. The van der Waals surface area contributed by atoms with Crippen molar-refractivity contribution in [1.29, 1.82) is 0 Å². The smallest absolute Gasteiger partial charge is 0.336 e. The second-order valence-electron chi connectivity index (χ2n) is 5.65. The summed E-state index contributed by atoms with van der Waals surface area (Å²) >= 11 is 0. The van der Waals surface area contributed by atoms with Crippen LogP contribution in [-0.4, -0.2) is 7.11 Å². The highest BCUT2D eigenvalue weighted by atomic mass is 16.5. The molecule has 0 aliphatic rings. The second-order valence-corrected chi connectivity index (χ2v) is 5.65. The van der Waals surface area contributed by atoms with Crippen LogP contribution in [0.15, 0.2) is 51.7 Å². The van der Waals surface area contributed by atoms with Gasteiger partial charge >= 0.3 is 5.63 Å². The van der Waals surface area contributed by atoms with Crippen molar-refractivity contribution in [1.82, 2.24) is 0 Å². The predicted octanol–water partition coefficient (Wildman–Crippen LogP) is 4.25. The summed E-state index contributed by atoms with van der Waals surface area (Å²) < 4.78 is 16.6. The average Bonchev–Trinajstić information content (AvgIpc) is 2.61. The Balaban J connectivity index is 1.92. The van der Waals surface area contributed by atoms with Gasteiger partial charge in [0.2, 0.25) is 0 Å². The molecule has 0 N–H and O–H groups in total. The number of methoxy groups -OCH3 is 1. The number of aryl methyl sites for hydroxylation is 2. The van der Waals surface area contributed by atoms with Gasteiger partial charge in [-0.15, -0.1) is 0 Å². The first-order valence-electron chi connectivity index (χ1n) is 7.94. The molecule has 24 heavy (non-hydrogen) atoms. The van der Waals surface area contributed by atoms with Crippen molar-refractivity contribution in [2.75, 3.05) is 7.11 Å². The van der Waals surface area contributed by atoms with E-state index in [-0.39, 0.29) is 5.63 Å². The van der Waals surface area contributed by atoms with E-state index in [9.17, 15) is 4.79 Å². The van der Waals surface area contributed by atoms with Gasteiger partial charge in [0.1, 0.15) is 23.7 Å². The largest absolute Gasteiger partial charge is 0.497 e. The topological polar surface area (TPSA) is 48.7 Å². The summed E-state index contributed by atoms with van der Waals surface area (Å²) in [4.78, 5) is 11.8. The number of hydrogen-bond donors (Lipinski definition) is 0. The Kier molecular flexibility index (Phi) is 4.56. The zero-order valence-electron chi connectivity index (χ0n) is 14.1. The van der Waals surface area contributed by atoms with Gasteiger partial charge in [0, 0.05) is 17.0 Å². The quantitative estimate of drug-likeness (QED) is 0.658. The standard InChI is InChI=1S/C20H20O4/c1-4-15-11-19(21)24-20-13(2)18(9-8-17(15)20)23-12-14-6-5-7-16(10-14)22-3/h5-11H,4,12H2,1-3H3. The number of ether oxygens (including phenoxy) is 2. The Morgan fingerprint density at radius 1 is 1.12 bits per heavy atom. The molecule has 0 bridgehead atoms. The van der Waals surface area contributed by atoms with Crippen LogP contribution in [0.5, 0.6) is 11.5 Å². The van der Waals surface area contributed by atoms with E-state index in [0.29, 0.717) is 17.9 Å². The molecule has 0 amide bonds. The van der Waals surface area contributed by atoms with Gasteiger partial charge in [-0.05, 0) is 48.7 Å². The highest BCUT2D eigenvalue weighted by Gasteiger charge is 2.11. The summed E-state index contributed by atoms with van der Waals surface area (Å²) in [6.45, 7) is 4.35. The fourth-order valence-corrected chi connectivity index (χ4v) is 2.78. The molecule has 4 nitrogen and oxygen atoms in total. The van der Waals surface area contributed by atoms with Crippen LogP contribution >= 0.6 is 0 Å². The van der Waals surface area contributed by atoms with Gasteiger partial charge in [0.05, 0.1) is 7.11 Å².